The summed E-state index contributed by atoms with van der Waals surface area (Å²) in [5.74, 6) is -3.28. The maximum atomic E-state index is 12.4. The molecule has 2 rings (SSSR count). The third-order valence-corrected chi connectivity index (χ3v) is 1.77. The van der Waals surface area contributed by atoms with Crippen LogP contribution in [0.15, 0.2) is 17.0 Å². The van der Waals surface area contributed by atoms with Crippen molar-refractivity contribution in [1.29, 1.82) is 0 Å². The SMILES string of the molecule is O=C(c1cnco1)N1CC(F)(F)C1. The van der Waals surface area contributed by atoms with E-state index in [1.165, 1.54) is 6.20 Å². The predicted molar refractivity (Wildman–Crippen MR) is 37.4 cm³/mol. The standard InChI is InChI=1S/C7H6F2N2O2/c8-7(9)2-11(3-7)6(12)5-1-10-4-13-5/h1,4H,2-3H2. The summed E-state index contributed by atoms with van der Waals surface area (Å²) in [7, 11) is 0. The predicted octanol–water partition coefficient (Wildman–Crippen LogP) is 0.766. The van der Waals surface area contributed by atoms with Crippen molar-refractivity contribution in [3.63, 3.8) is 0 Å². The van der Waals surface area contributed by atoms with Crippen LogP contribution in [-0.2, 0) is 0 Å². The minimum absolute atomic E-state index is 0.00417. The Morgan fingerprint density at radius 1 is 1.62 bits per heavy atom. The molecular formula is C7H6F2N2O2. The smallest absolute Gasteiger partial charge is 0.291 e. The molecule has 0 unspecified atom stereocenters. The summed E-state index contributed by atoms with van der Waals surface area (Å²) >= 11 is 0. The number of halogens is 2. The summed E-state index contributed by atoms with van der Waals surface area (Å²) in [6, 6.07) is 0. The molecule has 0 aliphatic carbocycles. The minimum Gasteiger partial charge on any atom is -0.438 e. The monoisotopic (exact) mass is 188 g/mol. The topological polar surface area (TPSA) is 46.3 Å². The van der Waals surface area contributed by atoms with Crippen LogP contribution in [0, 0.1) is 0 Å². The third-order valence-electron chi connectivity index (χ3n) is 1.77. The third kappa shape index (κ3) is 1.39. The van der Waals surface area contributed by atoms with Gasteiger partial charge in [0.05, 0.1) is 19.3 Å². The first kappa shape index (κ1) is 8.15. The summed E-state index contributed by atoms with van der Waals surface area (Å²) in [4.78, 5) is 15.8. The number of likely N-dealkylation sites (tertiary alicyclic amines) is 1. The van der Waals surface area contributed by atoms with Gasteiger partial charge in [0.25, 0.3) is 11.8 Å². The number of aromatic nitrogens is 1. The van der Waals surface area contributed by atoms with Crippen molar-refractivity contribution in [3.8, 4) is 0 Å². The first-order chi connectivity index (χ1) is 6.08. The summed E-state index contributed by atoms with van der Waals surface area (Å²) < 4.78 is 29.4. The van der Waals surface area contributed by atoms with Gasteiger partial charge in [0.15, 0.2) is 6.39 Å². The highest BCUT2D eigenvalue weighted by Gasteiger charge is 2.47. The Labute approximate surface area is 72.2 Å². The van der Waals surface area contributed by atoms with Gasteiger partial charge < -0.3 is 9.32 Å². The summed E-state index contributed by atoms with van der Waals surface area (Å²) in [6.07, 6.45) is 2.30. The summed E-state index contributed by atoms with van der Waals surface area (Å²) in [6.45, 7) is -1.07. The van der Waals surface area contributed by atoms with Gasteiger partial charge in [0.2, 0.25) is 5.76 Å². The second kappa shape index (κ2) is 2.51. The fourth-order valence-corrected chi connectivity index (χ4v) is 1.13. The Hall–Kier alpha value is -1.46. The lowest BCUT2D eigenvalue weighted by Crippen LogP contribution is -2.58. The zero-order valence-corrected chi connectivity index (χ0v) is 6.54. The molecule has 0 saturated carbocycles. The molecule has 13 heavy (non-hydrogen) atoms. The van der Waals surface area contributed by atoms with Crippen molar-refractivity contribution in [3.05, 3.63) is 18.4 Å². The second-order valence-corrected chi connectivity index (χ2v) is 2.88. The molecule has 6 heteroatoms. The average molecular weight is 188 g/mol. The molecular weight excluding hydrogens is 182 g/mol. The molecule has 0 spiro atoms. The molecule has 1 aromatic rings. The number of carbonyl (C=O) groups excluding carboxylic acids is 1. The van der Waals surface area contributed by atoms with Gasteiger partial charge in [-0.15, -0.1) is 0 Å². The Balaban J connectivity index is 2.02. The first-order valence-electron chi connectivity index (χ1n) is 3.64. The van der Waals surface area contributed by atoms with Crippen LogP contribution in [0.5, 0.6) is 0 Å². The number of carbonyl (C=O) groups is 1. The van der Waals surface area contributed by atoms with Crippen LogP contribution in [0.3, 0.4) is 0 Å². The van der Waals surface area contributed by atoms with Crippen molar-refractivity contribution in [1.82, 2.24) is 9.88 Å². The molecule has 0 bridgehead atoms. The zero-order valence-electron chi connectivity index (χ0n) is 6.54. The van der Waals surface area contributed by atoms with Gasteiger partial charge in [-0.25, -0.2) is 13.8 Å². The van der Waals surface area contributed by atoms with E-state index in [9.17, 15) is 13.6 Å². The normalized spacial score (nSPS) is 19.7. The fraction of sp³-hybridized carbons (Fsp3) is 0.429. The molecule has 0 N–H and O–H groups in total. The van der Waals surface area contributed by atoms with Gasteiger partial charge in [-0.1, -0.05) is 0 Å². The highest BCUT2D eigenvalue weighted by molar-refractivity contribution is 5.91. The van der Waals surface area contributed by atoms with E-state index in [1.807, 2.05) is 0 Å². The van der Waals surface area contributed by atoms with Crippen LogP contribution in [0.25, 0.3) is 0 Å². The van der Waals surface area contributed by atoms with Crippen molar-refractivity contribution >= 4 is 5.91 Å². The molecule has 0 radical (unpaired) electrons. The van der Waals surface area contributed by atoms with Gasteiger partial charge in [-0.05, 0) is 0 Å². The Bertz CT molecular complexity index is 315. The van der Waals surface area contributed by atoms with Crippen LogP contribution < -0.4 is 0 Å². The maximum Gasteiger partial charge on any atom is 0.291 e. The fourth-order valence-electron chi connectivity index (χ4n) is 1.13. The van der Waals surface area contributed by atoms with Gasteiger partial charge >= 0.3 is 0 Å². The van der Waals surface area contributed by atoms with Crippen LogP contribution in [0.1, 0.15) is 10.6 Å². The van der Waals surface area contributed by atoms with Crippen LogP contribution in [-0.4, -0.2) is 34.8 Å². The van der Waals surface area contributed by atoms with Crippen molar-refractivity contribution in [2.75, 3.05) is 13.1 Å². The van der Waals surface area contributed by atoms with Gasteiger partial charge in [0, 0.05) is 0 Å². The summed E-state index contributed by atoms with van der Waals surface area (Å²) in [5, 5.41) is 0. The van der Waals surface area contributed by atoms with Crippen molar-refractivity contribution in [2.24, 2.45) is 0 Å². The lowest BCUT2D eigenvalue weighted by Gasteiger charge is -2.37. The molecule has 2 heterocycles. The van der Waals surface area contributed by atoms with Gasteiger partial charge in [0.1, 0.15) is 0 Å². The highest BCUT2D eigenvalue weighted by Crippen LogP contribution is 2.27. The van der Waals surface area contributed by atoms with E-state index in [0.717, 1.165) is 11.3 Å². The molecule has 1 fully saturated rings. The molecule has 1 aliphatic rings. The molecule has 0 atom stereocenters. The van der Waals surface area contributed by atoms with Gasteiger partial charge in [-0.3, -0.25) is 4.79 Å². The molecule has 1 aliphatic heterocycles. The van der Waals surface area contributed by atoms with E-state index in [4.69, 9.17) is 0 Å². The molecule has 1 saturated heterocycles. The molecule has 70 valence electrons. The van der Waals surface area contributed by atoms with Crippen LogP contribution in [0.4, 0.5) is 8.78 Å². The van der Waals surface area contributed by atoms with Crippen LogP contribution in [0.2, 0.25) is 0 Å². The van der Waals surface area contributed by atoms with E-state index < -0.39 is 24.9 Å². The number of rotatable bonds is 1. The van der Waals surface area contributed by atoms with Gasteiger partial charge in [-0.2, -0.15) is 0 Å². The number of nitrogens with zero attached hydrogens (tertiary/aromatic N) is 2. The average Bonchev–Trinajstić information content (AvgIpc) is 2.50. The summed E-state index contributed by atoms with van der Waals surface area (Å²) in [5.41, 5.74) is 0. The number of oxazole rings is 1. The lowest BCUT2D eigenvalue weighted by molar-refractivity contribution is -0.113. The minimum atomic E-state index is -2.74. The molecule has 4 nitrogen and oxygen atoms in total. The maximum absolute atomic E-state index is 12.4. The second-order valence-electron chi connectivity index (χ2n) is 2.88. The van der Waals surface area contributed by atoms with E-state index in [-0.39, 0.29) is 5.76 Å². The molecule has 1 amide bonds. The highest BCUT2D eigenvalue weighted by atomic mass is 19.3. The number of hydrogen-bond donors (Lipinski definition) is 0. The molecule has 1 aromatic heterocycles. The van der Waals surface area contributed by atoms with E-state index in [1.54, 1.807) is 0 Å². The largest absolute Gasteiger partial charge is 0.438 e. The van der Waals surface area contributed by atoms with Crippen LogP contribution >= 0.6 is 0 Å². The quantitative estimate of drug-likeness (QED) is 0.653. The van der Waals surface area contributed by atoms with E-state index >= 15 is 0 Å². The molecule has 0 aromatic carbocycles. The number of alkyl halides is 2. The Kier molecular flexibility index (Phi) is 1.58. The Morgan fingerprint density at radius 3 is 2.77 bits per heavy atom. The van der Waals surface area contributed by atoms with Crippen molar-refractivity contribution in [2.45, 2.75) is 5.92 Å². The Morgan fingerprint density at radius 2 is 2.31 bits per heavy atom. The van der Waals surface area contributed by atoms with E-state index in [2.05, 4.69) is 9.40 Å². The lowest BCUT2D eigenvalue weighted by atomic mass is 10.1. The number of amides is 1. The van der Waals surface area contributed by atoms with E-state index in [0.29, 0.717) is 0 Å². The number of hydrogen-bond acceptors (Lipinski definition) is 3. The van der Waals surface area contributed by atoms with Crippen molar-refractivity contribution < 1.29 is 18.0 Å². The zero-order chi connectivity index (χ0) is 9.47. The first-order valence-corrected chi connectivity index (χ1v) is 3.64.